The summed E-state index contributed by atoms with van der Waals surface area (Å²) < 4.78 is 1.60. The Labute approximate surface area is 153 Å². The van der Waals surface area contributed by atoms with Gasteiger partial charge in [0.1, 0.15) is 5.65 Å². The van der Waals surface area contributed by atoms with Crippen molar-refractivity contribution in [2.45, 2.75) is 34.1 Å². The predicted octanol–water partition coefficient (Wildman–Crippen LogP) is 2.16. The normalized spacial score (nSPS) is 13.7. The molecule has 2 aromatic rings. The smallest absolute Gasteiger partial charge is 0.264 e. The highest BCUT2D eigenvalue weighted by atomic mass is 16.1. The molecule has 4 nitrogen and oxygen atoms in total. The Balaban J connectivity index is 2.99. The van der Waals surface area contributed by atoms with Gasteiger partial charge in [-0.05, 0) is 44.6 Å². The molecule has 0 saturated heterocycles. The van der Waals surface area contributed by atoms with Gasteiger partial charge >= 0.3 is 0 Å². The fraction of sp³-hybridized carbons (Fsp3) is 0.227. The van der Waals surface area contributed by atoms with E-state index in [1.54, 1.807) is 22.6 Å². The molecule has 26 heavy (non-hydrogen) atoms. The lowest BCUT2D eigenvalue weighted by molar-refractivity contribution is 1.02. The van der Waals surface area contributed by atoms with E-state index in [4.69, 9.17) is 0 Å². The van der Waals surface area contributed by atoms with Crippen LogP contribution in [0.2, 0.25) is 0 Å². The van der Waals surface area contributed by atoms with Crippen LogP contribution in [0.3, 0.4) is 0 Å². The van der Waals surface area contributed by atoms with E-state index in [9.17, 15) is 10.1 Å². The van der Waals surface area contributed by atoms with E-state index in [2.05, 4.69) is 24.2 Å². The number of nitrogens with zero attached hydrogens (tertiary/aromatic N) is 3. The van der Waals surface area contributed by atoms with Crippen molar-refractivity contribution in [1.29, 1.82) is 5.26 Å². The van der Waals surface area contributed by atoms with Crippen LogP contribution < -0.4 is 21.2 Å². The first-order valence-corrected chi connectivity index (χ1v) is 8.50. The van der Waals surface area contributed by atoms with Gasteiger partial charge in [0, 0.05) is 16.0 Å². The molecule has 0 N–H and O–H groups in total. The molecule has 0 amide bonds. The van der Waals surface area contributed by atoms with E-state index in [0.29, 0.717) is 39.5 Å². The molecule has 0 spiro atoms. The summed E-state index contributed by atoms with van der Waals surface area (Å²) in [5, 5.41) is 11.2. The highest BCUT2D eigenvalue weighted by Crippen LogP contribution is 2.12. The van der Waals surface area contributed by atoms with Crippen molar-refractivity contribution in [3.8, 4) is 6.07 Å². The number of fused-ring (bicyclic) bond motifs is 1. The number of nitriles is 1. The van der Waals surface area contributed by atoms with Gasteiger partial charge in [0.25, 0.3) is 5.56 Å². The number of aromatic nitrogens is 2. The molecule has 0 unspecified atom stereocenters. The highest BCUT2D eigenvalue weighted by Gasteiger charge is 2.12. The number of allylic oxidation sites excluding steroid dienone is 4. The number of aryl methyl sites for hydroxylation is 1. The molecule has 0 radical (unpaired) electrons. The third kappa shape index (κ3) is 3.43. The molecule has 0 fully saturated rings. The van der Waals surface area contributed by atoms with Gasteiger partial charge < -0.3 is 0 Å². The summed E-state index contributed by atoms with van der Waals surface area (Å²) in [6, 6.07) is 2.17. The van der Waals surface area contributed by atoms with E-state index in [-0.39, 0.29) is 5.56 Å². The zero-order valence-electron chi connectivity index (χ0n) is 15.8. The molecule has 0 bridgehead atoms. The summed E-state index contributed by atoms with van der Waals surface area (Å²) in [4.78, 5) is 17.7. The maximum Gasteiger partial charge on any atom is 0.264 e. The molecule has 2 aromatic heterocycles. The molecule has 2 rings (SSSR count). The largest absolute Gasteiger partial charge is 0.268 e. The molecule has 132 valence electrons. The van der Waals surface area contributed by atoms with Crippen LogP contribution in [0.15, 0.2) is 34.7 Å². The first-order chi connectivity index (χ1) is 12.3. The van der Waals surface area contributed by atoms with Gasteiger partial charge in [0.05, 0.1) is 17.5 Å². The fourth-order valence-corrected chi connectivity index (χ4v) is 2.78. The first-order valence-electron chi connectivity index (χ1n) is 8.50. The van der Waals surface area contributed by atoms with Crippen molar-refractivity contribution >= 4 is 30.5 Å². The van der Waals surface area contributed by atoms with E-state index in [1.165, 1.54) is 0 Å². The minimum atomic E-state index is -0.165. The highest BCUT2D eigenvalue weighted by molar-refractivity contribution is 5.61. The Bertz CT molecular complexity index is 1200. The Kier molecular flexibility index (Phi) is 5.74. The number of pyridine rings is 1. The predicted molar refractivity (Wildman–Crippen MR) is 109 cm³/mol. The molecular formula is C22H23N3O. The molecule has 0 saturated carbocycles. The maximum atomic E-state index is 13.0. The molecule has 4 heteroatoms. The van der Waals surface area contributed by atoms with E-state index in [1.807, 2.05) is 39.8 Å². The van der Waals surface area contributed by atoms with Crippen LogP contribution in [0.1, 0.15) is 38.6 Å². The number of imidazole rings is 1. The van der Waals surface area contributed by atoms with Crippen molar-refractivity contribution < 1.29 is 0 Å². The maximum absolute atomic E-state index is 13.0. The van der Waals surface area contributed by atoms with Crippen LogP contribution in [-0.4, -0.2) is 9.38 Å². The van der Waals surface area contributed by atoms with Crippen LogP contribution in [0.25, 0.3) is 30.5 Å². The molecule has 0 aliphatic carbocycles. The second-order valence-corrected chi connectivity index (χ2v) is 6.15. The Morgan fingerprint density at radius 3 is 2.62 bits per heavy atom. The number of hydrogen-bond donors (Lipinski definition) is 0. The lowest BCUT2D eigenvalue weighted by Crippen LogP contribution is -2.50. The molecule has 0 aromatic carbocycles. The summed E-state index contributed by atoms with van der Waals surface area (Å²) in [5.41, 5.74) is 3.28. The molecule has 0 aliphatic heterocycles. The summed E-state index contributed by atoms with van der Waals surface area (Å²) in [5.74, 6) is 0. The van der Waals surface area contributed by atoms with Gasteiger partial charge in [-0.2, -0.15) is 5.26 Å². The fourth-order valence-electron chi connectivity index (χ4n) is 2.78. The monoisotopic (exact) mass is 345 g/mol. The zero-order valence-corrected chi connectivity index (χ0v) is 15.8. The summed E-state index contributed by atoms with van der Waals surface area (Å²) in [6.07, 6.45) is 9.67. The van der Waals surface area contributed by atoms with Gasteiger partial charge in [-0.15, -0.1) is 0 Å². The average Bonchev–Trinajstić information content (AvgIpc) is 2.92. The lowest BCUT2D eigenvalue weighted by Gasteiger charge is -1.98. The van der Waals surface area contributed by atoms with Gasteiger partial charge in [-0.1, -0.05) is 43.9 Å². The van der Waals surface area contributed by atoms with Crippen LogP contribution in [0, 0.1) is 18.3 Å². The van der Waals surface area contributed by atoms with E-state index in [0.717, 1.165) is 10.8 Å². The van der Waals surface area contributed by atoms with Crippen LogP contribution in [0.5, 0.6) is 0 Å². The Morgan fingerprint density at radius 2 is 2.08 bits per heavy atom. The van der Waals surface area contributed by atoms with Gasteiger partial charge in [-0.3, -0.25) is 9.20 Å². The SMILES string of the molecule is C=C(C)/C=C\C=c1/c(=C)/c(=C\C)c2nc(/C=C(/C#N)CC)c(C)n2c1=O. The third-order valence-electron chi connectivity index (χ3n) is 4.24. The van der Waals surface area contributed by atoms with Crippen LogP contribution in [0.4, 0.5) is 0 Å². The van der Waals surface area contributed by atoms with Crippen LogP contribution >= 0.6 is 0 Å². The molecule has 2 heterocycles. The van der Waals surface area contributed by atoms with Gasteiger partial charge in [0.2, 0.25) is 0 Å². The van der Waals surface area contributed by atoms with E-state index < -0.39 is 0 Å². The van der Waals surface area contributed by atoms with Gasteiger partial charge in [0.15, 0.2) is 0 Å². The standard InChI is InChI=1S/C22H23N3O/c1-7-17(13-23)12-20-16(6)25-21(24-20)18(8-2)15(5)19(22(25)26)11-9-10-14(3)4/h8-12H,3,5,7H2,1-2,4,6H3/b10-9-,17-12+,18-8+,19-11+. The van der Waals surface area contributed by atoms with E-state index >= 15 is 0 Å². The van der Waals surface area contributed by atoms with Crippen LogP contribution in [-0.2, 0) is 0 Å². The average molecular weight is 345 g/mol. The molecular weight excluding hydrogens is 322 g/mol. The minimum absolute atomic E-state index is 0.165. The Hall–Kier alpha value is -3.19. The van der Waals surface area contributed by atoms with Crippen molar-refractivity contribution in [3.63, 3.8) is 0 Å². The second kappa shape index (κ2) is 7.79. The quantitative estimate of drug-likeness (QED) is 0.630. The summed E-state index contributed by atoms with van der Waals surface area (Å²) >= 11 is 0. The zero-order chi connectivity index (χ0) is 19.4. The van der Waals surface area contributed by atoms with Crippen molar-refractivity contribution in [2.75, 3.05) is 0 Å². The van der Waals surface area contributed by atoms with Gasteiger partial charge in [-0.25, -0.2) is 4.98 Å². The van der Waals surface area contributed by atoms with Crippen molar-refractivity contribution in [1.82, 2.24) is 9.38 Å². The Morgan fingerprint density at radius 1 is 1.38 bits per heavy atom. The third-order valence-corrected chi connectivity index (χ3v) is 4.24. The summed E-state index contributed by atoms with van der Waals surface area (Å²) in [6.45, 7) is 15.5. The second-order valence-electron chi connectivity index (χ2n) is 6.15. The summed E-state index contributed by atoms with van der Waals surface area (Å²) in [7, 11) is 0. The lowest BCUT2D eigenvalue weighted by atomic mass is 10.2. The first kappa shape index (κ1) is 19.1. The molecule has 0 aliphatic rings. The minimum Gasteiger partial charge on any atom is -0.268 e. The van der Waals surface area contributed by atoms with Crippen molar-refractivity contribution in [2.24, 2.45) is 0 Å². The number of rotatable bonds is 4. The topological polar surface area (TPSA) is 58.2 Å². The number of hydrogen-bond acceptors (Lipinski definition) is 3. The molecule has 0 atom stereocenters. The van der Waals surface area contributed by atoms with Crippen molar-refractivity contribution in [3.05, 3.63) is 67.3 Å².